The van der Waals surface area contributed by atoms with E-state index >= 15 is 0 Å². The summed E-state index contributed by atoms with van der Waals surface area (Å²) < 4.78 is 2.01. The molecule has 156 valence electrons. The average molecular weight is 422 g/mol. The lowest BCUT2D eigenvalue weighted by Gasteiger charge is -2.27. The molecular formula is C24H27N3O2S. The van der Waals surface area contributed by atoms with E-state index in [0.717, 1.165) is 16.1 Å². The molecule has 0 spiro atoms. The van der Waals surface area contributed by atoms with Crippen molar-refractivity contribution in [2.75, 3.05) is 13.1 Å². The van der Waals surface area contributed by atoms with Crippen LogP contribution in [-0.2, 0) is 36.1 Å². The maximum Gasteiger partial charge on any atom is 0.242 e. The van der Waals surface area contributed by atoms with E-state index in [1.54, 1.807) is 27.2 Å². The molecule has 6 heteroatoms. The van der Waals surface area contributed by atoms with Crippen LogP contribution in [0.5, 0.6) is 0 Å². The summed E-state index contributed by atoms with van der Waals surface area (Å²) in [5.41, 5.74) is 2.10. The SMILES string of the molecule is C=CCN(CC(=O)N(Cc1ccccc1)Cc1cccn1C)C(=O)Cc1cccs1. The number of nitrogens with zero attached hydrogens (tertiary/aromatic N) is 3. The van der Waals surface area contributed by atoms with Crippen LogP contribution < -0.4 is 0 Å². The molecule has 0 aliphatic rings. The van der Waals surface area contributed by atoms with Gasteiger partial charge in [0, 0.05) is 36.9 Å². The third-order valence-electron chi connectivity index (χ3n) is 4.91. The second kappa shape index (κ2) is 10.6. The molecule has 0 radical (unpaired) electrons. The summed E-state index contributed by atoms with van der Waals surface area (Å²) in [4.78, 5) is 30.4. The minimum absolute atomic E-state index is 0.0352. The van der Waals surface area contributed by atoms with Crippen molar-refractivity contribution < 1.29 is 9.59 Å². The van der Waals surface area contributed by atoms with E-state index < -0.39 is 0 Å². The lowest BCUT2D eigenvalue weighted by Crippen LogP contribution is -2.43. The molecular weight excluding hydrogens is 394 g/mol. The van der Waals surface area contributed by atoms with Gasteiger partial charge in [-0.3, -0.25) is 9.59 Å². The fourth-order valence-electron chi connectivity index (χ4n) is 3.24. The van der Waals surface area contributed by atoms with E-state index in [-0.39, 0.29) is 18.4 Å². The van der Waals surface area contributed by atoms with Crippen molar-refractivity contribution in [2.24, 2.45) is 7.05 Å². The van der Waals surface area contributed by atoms with Gasteiger partial charge in [0.05, 0.1) is 13.0 Å². The monoisotopic (exact) mass is 421 g/mol. The van der Waals surface area contributed by atoms with Crippen LogP contribution in [0.4, 0.5) is 0 Å². The zero-order valence-electron chi connectivity index (χ0n) is 17.2. The summed E-state index contributed by atoms with van der Waals surface area (Å²) >= 11 is 1.55. The van der Waals surface area contributed by atoms with Gasteiger partial charge in [0.15, 0.2) is 0 Å². The van der Waals surface area contributed by atoms with E-state index in [1.807, 2.05) is 77.8 Å². The number of hydrogen-bond acceptors (Lipinski definition) is 3. The molecule has 2 amide bonds. The smallest absolute Gasteiger partial charge is 0.242 e. The van der Waals surface area contributed by atoms with Gasteiger partial charge >= 0.3 is 0 Å². The minimum Gasteiger partial charge on any atom is -0.353 e. The van der Waals surface area contributed by atoms with Crippen LogP contribution in [0.3, 0.4) is 0 Å². The summed E-state index contributed by atoms with van der Waals surface area (Å²) in [5.74, 6) is -0.148. The van der Waals surface area contributed by atoms with Crippen molar-refractivity contribution in [3.63, 3.8) is 0 Å². The highest BCUT2D eigenvalue weighted by molar-refractivity contribution is 7.10. The van der Waals surface area contributed by atoms with Gasteiger partial charge in [-0.1, -0.05) is 42.5 Å². The number of hydrogen-bond donors (Lipinski definition) is 0. The van der Waals surface area contributed by atoms with Gasteiger partial charge in [-0.05, 0) is 29.1 Å². The lowest BCUT2D eigenvalue weighted by molar-refractivity contribution is -0.140. The maximum atomic E-state index is 13.3. The summed E-state index contributed by atoms with van der Waals surface area (Å²) in [7, 11) is 1.97. The Kier molecular flexibility index (Phi) is 7.63. The molecule has 0 aliphatic heterocycles. The van der Waals surface area contributed by atoms with Crippen molar-refractivity contribution in [2.45, 2.75) is 19.5 Å². The number of rotatable bonds is 10. The highest BCUT2D eigenvalue weighted by atomic mass is 32.1. The van der Waals surface area contributed by atoms with E-state index in [2.05, 4.69) is 6.58 Å². The number of aromatic nitrogens is 1. The van der Waals surface area contributed by atoms with Crippen molar-refractivity contribution in [1.29, 1.82) is 0 Å². The molecule has 30 heavy (non-hydrogen) atoms. The van der Waals surface area contributed by atoms with Gasteiger partial charge in [-0.15, -0.1) is 17.9 Å². The highest BCUT2D eigenvalue weighted by Gasteiger charge is 2.22. The number of aryl methyl sites for hydroxylation is 1. The van der Waals surface area contributed by atoms with Gasteiger partial charge in [-0.2, -0.15) is 0 Å². The van der Waals surface area contributed by atoms with Crippen molar-refractivity contribution >= 4 is 23.2 Å². The van der Waals surface area contributed by atoms with Gasteiger partial charge in [0.25, 0.3) is 0 Å². The van der Waals surface area contributed by atoms with Crippen LogP contribution >= 0.6 is 11.3 Å². The van der Waals surface area contributed by atoms with Crippen LogP contribution in [0.2, 0.25) is 0 Å². The molecule has 2 heterocycles. The molecule has 1 aromatic carbocycles. The van der Waals surface area contributed by atoms with E-state index in [1.165, 1.54) is 0 Å². The second-order valence-electron chi connectivity index (χ2n) is 7.16. The van der Waals surface area contributed by atoms with E-state index in [0.29, 0.717) is 26.1 Å². The Balaban J connectivity index is 1.74. The largest absolute Gasteiger partial charge is 0.353 e. The van der Waals surface area contributed by atoms with Gasteiger partial charge in [0.1, 0.15) is 6.54 Å². The molecule has 3 rings (SSSR count). The fraction of sp³-hybridized carbons (Fsp3) is 0.250. The Morgan fingerprint density at radius 1 is 1.00 bits per heavy atom. The zero-order chi connectivity index (χ0) is 21.3. The highest BCUT2D eigenvalue weighted by Crippen LogP contribution is 2.14. The number of thiophene rings is 1. The lowest BCUT2D eigenvalue weighted by atomic mass is 10.2. The van der Waals surface area contributed by atoms with Crippen LogP contribution in [-0.4, -0.2) is 39.3 Å². The Bertz CT molecular complexity index is 964. The predicted molar refractivity (Wildman–Crippen MR) is 121 cm³/mol. The van der Waals surface area contributed by atoms with Crippen LogP contribution in [0.1, 0.15) is 16.1 Å². The fourth-order valence-corrected chi connectivity index (χ4v) is 3.94. The molecule has 0 atom stereocenters. The Morgan fingerprint density at radius 2 is 1.80 bits per heavy atom. The summed E-state index contributed by atoms with van der Waals surface area (Å²) in [6, 6.07) is 17.8. The molecule has 0 aliphatic carbocycles. The van der Waals surface area contributed by atoms with Crippen LogP contribution in [0.15, 0.2) is 78.8 Å². The van der Waals surface area contributed by atoms with Crippen molar-refractivity contribution in [3.05, 3.63) is 95.0 Å². The first-order valence-electron chi connectivity index (χ1n) is 9.89. The molecule has 3 aromatic rings. The third-order valence-corrected chi connectivity index (χ3v) is 5.78. The molecule has 0 saturated carbocycles. The maximum absolute atomic E-state index is 13.3. The van der Waals surface area contributed by atoms with Crippen LogP contribution in [0, 0.1) is 0 Å². The number of amides is 2. The normalized spacial score (nSPS) is 10.6. The van der Waals surface area contributed by atoms with Crippen LogP contribution in [0.25, 0.3) is 0 Å². The Hall–Kier alpha value is -3.12. The molecule has 0 N–H and O–H groups in total. The summed E-state index contributed by atoms with van der Waals surface area (Å²) in [6.07, 6.45) is 3.93. The molecule has 0 fully saturated rings. The number of benzene rings is 1. The third kappa shape index (κ3) is 5.94. The second-order valence-corrected chi connectivity index (χ2v) is 8.20. The first kappa shape index (κ1) is 21.6. The van der Waals surface area contributed by atoms with E-state index in [4.69, 9.17) is 0 Å². The summed E-state index contributed by atoms with van der Waals surface area (Å²) in [5, 5.41) is 1.95. The van der Waals surface area contributed by atoms with Crippen molar-refractivity contribution in [1.82, 2.24) is 14.4 Å². The van der Waals surface area contributed by atoms with Crippen molar-refractivity contribution in [3.8, 4) is 0 Å². The summed E-state index contributed by atoms with van der Waals surface area (Å²) in [6.45, 7) is 5.11. The zero-order valence-corrected chi connectivity index (χ0v) is 18.1. The number of carbonyl (C=O) groups excluding carboxylic acids is 2. The minimum atomic E-state index is -0.0820. The Labute approximate surface area is 181 Å². The van der Waals surface area contributed by atoms with Gasteiger partial charge in [0.2, 0.25) is 11.8 Å². The quantitative estimate of drug-likeness (QED) is 0.467. The average Bonchev–Trinajstić information content (AvgIpc) is 3.39. The first-order chi connectivity index (χ1) is 14.6. The molecule has 0 unspecified atom stereocenters. The van der Waals surface area contributed by atoms with Gasteiger partial charge in [-0.25, -0.2) is 0 Å². The molecule has 5 nitrogen and oxygen atoms in total. The first-order valence-corrected chi connectivity index (χ1v) is 10.8. The van der Waals surface area contributed by atoms with E-state index in [9.17, 15) is 9.59 Å². The topological polar surface area (TPSA) is 45.6 Å². The molecule has 0 bridgehead atoms. The molecule has 2 aromatic heterocycles. The predicted octanol–water partition coefficient (Wildman–Crippen LogP) is 3.87. The number of carbonyl (C=O) groups is 2. The standard InChI is InChI=1S/C24H27N3O2S/c1-3-13-26(23(28)16-22-12-8-15-30-22)19-24(29)27(17-20-9-5-4-6-10-20)18-21-11-7-14-25(21)2/h3-12,14-15H,1,13,16-19H2,2H3. The molecule has 0 saturated heterocycles. The van der Waals surface area contributed by atoms with Gasteiger partial charge < -0.3 is 14.4 Å². The Morgan fingerprint density at radius 3 is 2.43 bits per heavy atom.